The quantitative estimate of drug-likeness (QED) is 0.690. The van der Waals surface area contributed by atoms with E-state index in [2.05, 4.69) is 11.9 Å². The number of hydrogen-bond acceptors (Lipinski definition) is 4. The van der Waals surface area contributed by atoms with Crippen molar-refractivity contribution in [1.82, 2.24) is 9.55 Å². The van der Waals surface area contributed by atoms with Crippen LogP contribution in [0.25, 0.3) is 10.9 Å². The second-order valence-electron chi connectivity index (χ2n) is 5.05. The maximum Gasteiger partial charge on any atom is 0.313 e. The molecule has 1 saturated carbocycles. The Kier molecular flexibility index (Phi) is 3.25. The smallest absolute Gasteiger partial charge is 0.313 e. The molecule has 2 aromatic rings. The van der Waals surface area contributed by atoms with Gasteiger partial charge in [0.15, 0.2) is 5.16 Å². The Balaban J connectivity index is 2.15. The van der Waals surface area contributed by atoms with E-state index >= 15 is 0 Å². The van der Waals surface area contributed by atoms with Crippen molar-refractivity contribution in [3.05, 3.63) is 34.6 Å². The normalized spacial score (nSPS) is 21.1. The summed E-state index contributed by atoms with van der Waals surface area (Å²) in [5.74, 6) is -0.557. The first-order chi connectivity index (χ1) is 9.58. The predicted octanol–water partition coefficient (Wildman–Crippen LogP) is 2.15. The molecule has 2 unspecified atom stereocenters. The van der Waals surface area contributed by atoms with Gasteiger partial charge in [-0.3, -0.25) is 14.2 Å². The van der Waals surface area contributed by atoms with Gasteiger partial charge < -0.3 is 5.11 Å². The fourth-order valence-corrected chi connectivity index (χ4v) is 3.08. The number of hydrogen-bond donors (Lipinski definition) is 1. The van der Waals surface area contributed by atoms with E-state index in [1.807, 2.05) is 12.1 Å². The topological polar surface area (TPSA) is 72.2 Å². The van der Waals surface area contributed by atoms with Gasteiger partial charge >= 0.3 is 5.97 Å². The summed E-state index contributed by atoms with van der Waals surface area (Å²) in [5, 5.41) is 9.91. The Morgan fingerprint density at radius 1 is 1.50 bits per heavy atom. The fourth-order valence-electron chi connectivity index (χ4n) is 2.31. The second kappa shape index (κ2) is 4.94. The largest absolute Gasteiger partial charge is 0.481 e. The summed E-state index contributed by atoms with van der Waals surface area (Å²) in [7, 11) is 0. The number of thioether (sulfide) groups is 1. The summed E-state index contributed by atoms with van der Waals surface area (Å²) < 4.78 is 1.67. The van der Waals surface area contributed by atoms with E-state index in [1.165, 1.54) is 0 Å². The SMILES string of the molecule is CC1CC1n1c(SCC(=O)O)nc2ccccc2c1=O. The average molecular weight is 290 g/mol. The lowest BCUT2D eigenvalue weighted by molar-refractivity contribution is -0.133. The van der Waals surface area contributed by atoms with Gasteiger partial charge in [0.1, 0.15) is 0 Å². The number of carbonyl (C=O) groups is 1. The van der Waals surface area contributed by atoms with Gasteiger partial charge in [0.05, 0.1) is 16.7 Å². The summed E-state index contributed by atoms with van der Waals surface area (Å²) in [6, 6.07) is 7.33. The summed E-state index contributed by atoms with van der Waals surface area (Å²) in [4.78, 5) is 27.8. The van der Waals surface area contributed by atoms with Crippen LogP contribution in [0.2, 0.25) is 0 Å². The first-order valence-corrected chi connectivity index (χ1v) is 7.42. The van der Waals surface area contributed by atoms with Crippen LogP contribution in [-0.2, 0) is 4.79 Å². The zero-order chi connectivity index (χ0) is 14.3. The van der Waals surface area contributed by atoms with E-state index in [1.54, 1.807) is 16.7 Å². The van der Waals surface area contributed by atoms with Crippen molar-refractivity contribution in [3.8, 4) is 0 Å². The summed E-state index contributed by atoms with van der Waals surface area (Å²) in [6.45, 7) is 2.08. The van der Waals surface area contributed by atoms with Gasteiger partial charge in [-0.25, -0.2) is 4.98 Å². The van der Waals surface area contributed by atoms with Gasteiger partial charge in [0, 0.05) is 6.04 Å². The zero-order valence-electron chi connectivity index (χ0n) is 10.9. The molecule has 20 heavy (non-hydrogen) atoms. The third kappa shape index (κ3) is 2.31. The van der Waals surface area contributed by atoms with Gasteiger partial charge in [0.2, 0.25) is 0 Å². The number of benzene rings is 1. The van der Waals surface area contributed by atoms with Gasteiger partial charge in [-0.1, -0.05) is 30.8 Å². The van der Waals surface area contributed by atoms with Crippen LogP contribution in [-0.4, -0.2) is 26.4 Å². The molecular weight excluding hydrogens is 276 g/mol. The highest BCUT2D eigenvalue weighted by molar-refractivity contribution is 7.99. The van der Waals surface area contributed by atoms with Crippen LogP contribution in [0.1, 0.15) is 19.4 Å². The minimum atomic E-state index is -0.909. The molecule has 1 aromatic heterocycles. The lowest BCUT2D eigenvalue weighted by Gasteiger charge is -2.11. The summed E-state index contributed by atoms with van der Waals surface area (Å²) in [6.07, 6.45) is 0.945. The van der Waals surface area contributed by atoms with Crippen molar-refractivity contribution in [2.24, 2.45) is 5.92 Å². The lowest BCUT2D eigenvalue weighted by atomic mass is 10.2. The molecule has 1 heterocycles. The number of rotatable bonds is 4. The first kappa shape index (κ1) is 13.2. The molecule has 0 bridgehead atoms. The van der Waals surface area contributed by atoms with Crippen LogP contribution in [0.5, 0.6) is 0 Å². The number of fused-ring (bicyclic) bond motifs is 1. The summed E-state index contributed by atoms with van der Waals surface area (Å²) in [5.41, 5.74) is 0.549. The Hall–Kier alpha value is -1.82. The number of carboxylic acids is 1. The van der Waals surface area contributed by atoms with Crippen molar-refractivity contribution >= 4 is 28.6 Å². The molecule has 1 aliphatic rings. The van der Waals surface area contributed by atoms with Crippen LogP contribution in [0.4, 0.5) is 0 Å². The fraction of sp³-hybridized carbons (Fsp3) is 0.357. The maximum absolute atomic E-state index is 12.6. The highest BCUT2D eigenvalue weighted by Crippen LogP contribution is 2.43. The third-order valence-electron chi connectivity index (χ3n) is 3.50. The summed E-state index contributed by atoms with van der Waals surface area (Å²) >= 11 is 1.11. The third-order valence-corrected chi connectivity index (χ3v) is 4.44. The lowest BCUT2D eigenvalue weighted by Crippen LogP contribution is -2.23. The van der Waals surface area contributed by atoms with E-state index in [0.717, 1.165) is 18.2 Å². The van der Waals surface area contributed by atoms with Crippen molar-refractivity contribution < 1.29 is 9.90 Å². The zero-order valence-corrected chi connectivity index (χ0v) is 11.8. The van der Waals surface area contributed by atoms with Crippen molar-refractivity contribution in [2.45, 2.75) is 24.5 Å². The maximum atomic E-state index is 12.6. The van der Waals surface area contributed by atoms with Crippen LogP contribution in [0.15, 0.2) is 34.2 Å². The molecule has 1 aromatic carbocycles. The molecule has 104 valence electrons. The monoisotopic (exact) mass is 290 g/mol. The predicted molar refractivity (Wildman–Crippen MR) is 77.2 cm³/mol. The van der Waals surface area contributed by atoms with Gasteiger partial charge in [-0.05, 0) is 24.5 Å². The molecule has 3 rings (SSSR count). The minimum Gasteiger partial charge on any atom is -0.481 e. The van der Waals surface area contributed by atoms with Crippen molar-refractivity contribution in [3.63, 3.8) is 0 Å². The van der Waals surface area contributed by atoms with Crippen LogP contribution in [0.3, 0.4) is 0 Å². The highest BCUT2D eigenvalue weighted by atomic mass is 32.2. The molecule has 1 aliphatic carbocycles. The van der Waals surface area contributed by atoms with E-state index in [4.69, 9.17) is 5.11 Å². The molecule has 1 N–H and O–H groups in total. The van der Waals surface area contributed by atoms with E-state index in [9.17, 15) is 9.59 Å². The van der Waals surface area contributed by atoms with E-state index in [-0.39, 0.29) is 17.4 Å². The Bertz CT molecular complexity index is 741. The van der Waals surface area contributed by atoms with Crippen molar-refractivity contribution in [2.75, 3.05) is 5.75 Å². The standard InChI is InChI=1S/C14H14N2O3S/c1-8-6-11(8)16-13(19)9-4-2-3-5-10(9)15-14(16)20-7-12(17)18/h2-5,8,11H,6-7H2,1H3,(H,17,18). The molecule has 0 saturated heterocycles. The molecule has 0 radical (unpaired) electrons. The van der Waals surface area contributed by atoms with Crippen molar-refractivity contribution in [1.29, 1.82) is 0 Å². The number of nitrogens with zero attached hydrogens (tertiary/aromatic N) is 2. The number of aliphatic carboxylic acids is 1. The Morgan fingerprint density at radius 3 is 2.85 bits per heavy atom. The Morgan fingerprint density at radius 2 is 2.20 bits per heavy atom. The molecule has 0 aliphatic heterocycles. The number of para-hydroxylation sites is 1. The average Bonchev–Trinajstić information content (AvgIpc) is 3.13. The van der Waals surface area contributed by atoms with Crippen LogP contribution in [0, 0.1) is 5.92 Å². The molecule has 0 spiro atoms. The van der Waals surface area contributed by atoms with Crippen LogP contribution < -0.4 is 5.56 Å². The minimum absolute atomic E-state index is 0.0714. The molecule has 6 heteroatoms. The number of carboxylic acid groups (broad SMARTS) is 1. The van der Waals surface area contributed by atoms with E-state index < -0.39 is 5.97 Å². The molecule has 1 fully saturated rings. The number of aromatic nitrogens is 2. The molecule has 0 amide bonds. The first-order valence-electron chi connectivity index (χ1n) is 6.44. The van der Waals surface area contributed by atoms with Gasteiger partial charge in [-0.2, -0.15) is 0 Å². The molecule has 5 nitrogen and oxygen atoms in total. The molecule has 2 atom stereocenters. The Labute approximate surface area is 119 Å². The van der Waals surface area contributed by atoms with E-state index in [0.29, 0.717) is 22.0 Å². The second-order valence-corrected chi connectivity index (χ2v) is 5.99. The van der Waals surface area contributed by atoms with Crippen LogP contribution >= 0.6 is 11.8 Å². The van der Waals surface area contributed by atoms with Gasteiger partial charge in [0.25, 0.3) is 5.56 Å². The van der Waals surface area contributed by atoms with Gasteiger partial charge in [-0.15, -0.1) is 0 Å². The molecular formula is C14H14N2O3S. The highest BCUT2D eigenvalue weighted by Gasteiger charge is 2.37.